The minimum absolute atomic E-state index is 0.0134. The van der Waals surface area contributed by atoms with E-state index >= 15 is 0 Å². The number of aromatic nitrogens is 5. The van der Waals surface area contributed by atoms with Crippen LogP contribution in [0.15, 0.2) is 46.6 Å². The second-order valence-corrected chi connectivity index (χ2v) is 10.6. The standard InChI is InChI=1S/C26H34N6OS/c1-6-10-22(24-28-29-30-32(24)26(4,5)7-2)31(17-21-13-9-14-34-21)16-20-15-19-12-8-11-18(3)23(19)27-25(20)33/h8-9,11-15,22H,6-7,10,16-17H2,1-5H3,(H,27,33)/t22-/m0/s1. The van der Waals surface area contributed by atoms with E-state index < -0.39 is 0 Å². The summed E-state index contributed by atoms with van der Waals surface area (Å²) in [4.78, 5) is 19.9. The van der Waals surface area contributed by atoms with Crippen molar-refractivity contribution in [3.63, 3.8) is 0 Å². The van der Waals surface area contributed by atoms with Crippen molar-refractivity contribution < 1.29 is 0 Å². The van der Waals surface area contributed by atoms with Gasteiger partial charge in [0.25, 0.3) is 5.56 Å². The summed E-state index contributed by atoms with van der Waals surface area (Å²) in [6.07, 6.45) is 2.80. The first kappa shape index (κ1) is 24.3. The zero-order chi connectivity index (χ0) is 24.3. The number of hydrogen-bond donors (Lipinski definition) is 1. The van der Waals surface area contributed by atoms with Crippen LogP contribution in [0.5, 0.6) is 0 Å². The molecule has 0 radical (unpaired) electrons. The molecule has 180 valence electrons. The Morgan fingerprint density at radius 2 is 2.00 bits per heavy atom. The van der Waals surface area contributed by atoms with E-state index in [1.54, 1.807) is 11.3 Å². The molecule has 4 aromatic rings. The number of thiophene rings is 1. The molecule has 3 aromatic heterocycles. The average molecular weight is 479 g/mol. The molecule has 1 N–H and O–H groups in total. The van der Waals surface area contributed by atoms with Gasteiger partial charge in [0.15, 0.2) is 5.82 Å². The lowest BCUT2D eigenvalue weighted by Gasteiger charge is -2.33. The predicted molar refractivity (Wildman–Crippen MR) is 138 cm³/mol. The van der Waals surface area contributed by atoms with Crippen molar-refractivity contribution in [3.8, 4) is 0 Å². The maximum atomic E-state index is 13.1. The Morgan fingerprint density at radius 3 is 2.71 bits per heavy atom. The zero-order valence-corrected chi connectivity index (χ0v) is 21.5. The number of aryl methyl sites for hydroxylation is 1. The smallest absolute Gasteiger partial charge is 0.252 e. The molecule has 0 aliphatic rings. The van der Waals surface area contributed by atoms with Gasteiger partial charge < -0.3 is 4.98 Å². The van der Waals surface area contributed by atoms with Gasteiger partial charge in [0.2, 0.25) is 0 Å². The topological polar surface area (TPSA) is 79.7 Å². The number of fused-ring (bicyclic) bond motifs is 1. The van der Waals surface area contributed by atoms with E-state index in [0.717, 1.165) is 53.7 Å². The molecule has 0 amide bonds. The van der Waals surface area contributed by atoms with E-state index in [-0.39, 0.29) is 17.1 Å². The molecule has 0 aliphatic carbocycles. The Hall–Kier alpha value is -2.84. The van der Waals surface area contributed by atoms with Crippen LogP contribution in [0.1, 0.15) is 74.8 Å². The van der Waals surface area contributed by atoms with Crippen molar-refractivity contribution >= 4 is 22.2 Å². The highest BCUT2D eigenvalue weighted by molar-refractivity contribution is 7.09. The van der Waals surface area contributed by atoms with Gasteiger partial charge in [0.05, 0.1) is 17.1 Å². The van der Waals surface area contributed by atoms with Crippen molar-refractivity contribution in [2.75, 3.05) is 0 Å². The Morgan fingerprint density at radius 1 is 1.18 bits per heavy atom. The molecule has 3 heterocycles. The van der Waals surface area contributed by atoms with Gasteiger partial charge in [-0.3, -0.25) is 9.69 Å². The number of para-hydroxylation sites is 1. The fourth-order valence-corrected chi connectivity index (χ4v) is 5.10. The number of pyridine rings is 1. The number of rotatable bonds is 10. The highest BCUT2D eigenvalue weighted by Crippen LogP contribution is 2.31. The molecule has 1 aromatic carbocycles. The SMILES string of the molecule is CCC[C@@H](c1nnnn1C(C)(C)CC)N(Cc1cccs1)Cc1cc2cccc(C)c2[nH]c1=O. The Kier molecular flexibility index (Phi) is 7.28. The molecule has 0 fully saturated rings. The van der Waals surface area contributed by atoms with Crippen LogP contribution < -0.4 is 5.56 Å². The third-order valence-electron chi connectivity index (χ3n) is 6.71. The molecule has 7 nitrogen and oxygen atoms in total. The number of H-pyrrole nitrogens is 1. The summed E-state index contributed by atoms with van der Waals surface area (Å²) in [5, 5.41) is 16.1. The first-order valence-electron chi connectivity index (χ1n) is 12.0. The van der Waals surface area contributed by atoms with Crippen LogP contribution >= 0.6 is 11.3 Å². The minimum atomic E-state index is -0.197. The van der Waals surface area contributed by atoms with Gasteiger partial charge in [-0.25, -0.2) is 4.68 Å². The maximum absolute atomic E-state index is 13.1. The fourth-order valence-electron chi connectivity index (χ4n) is 4.37. The van der Waals surface area contributed by atoms with E-state index in [9.17, 15) is 4.79 Å². The molecule has 4 rings (SSSR count). The molecule has 8 heteroatoms. The van der Waals surface area contributed by atoms with Crippen LogP contribution in [0.25, 0.3) is 10.9 Å². The van der Waals surface area contributed by atoms with Crippen molar-refractivity contribution in [2.24, 2.45) is 0 Å². The van der Waals surface area contributed by atoms with Gasteiger partial charge in [-0.1, -0.05) is 44.5 Å². The molecule has 0 bridgehead atoms. The number of tetrazole rings is 1. The summed E-state index contributed by atoms with van der Waals surface area (Å²) in [5.41, 5.74) is 2.49. The van der Waals surface area contributed by atoms with Gasteiger partial charge in [-0.2, -0.15) is 0 Å². The Labute approximate surface area is 204 Å². The molecule has 1 atom stereocenters. The summed E-state index contributed by atoms with van der Waals surface area (Å²) >= 11 is 1.73. The monoisotopic (exact) mass is 478 g/mol. The lowest BCUT2D eigenvalue weighted by molar-refractivity contribution is 0.147. The van der Waals surface area contributed by atoms with Crippen molar-refractivity contribution in [3.05, 3.63) is 74.0 Å². The number of benzene rings is 1. The third kappa shape index (κ3) is 4.98. The number of hydrogen-bond acceptors (Lipinski definition) is 6. The molecule has 0 saturated heterocycles. The quantitative estimate of drug-likeness (QED) is 0.322. The summed E-state index contributed by atoms with van der Waals surface area (Å²) < 4.78 is 1.97. The minimum Gasteiger partial charge on any atom is -0.321 e. The Bertz CT molecular complexity index is 1290. The molecule has 0 unspecified atom stereocenters. The van der Waals surface area contributed by atoms with E-state index in [1.165, 1.54) is 4.88 Å². The van der Waals surface area contributed by atoms with E-state index in [0.29, 0.717) is 6.54 Å². The summed E-state index contributed by atoms with van der Waals surface area (Å²) in [6.45, 7) is 11.9. The largest absolute Gasteiger partial charge is 0.321 e. The highest BCUT2D eigenvalue weighted by atomic mass is 32.1. The van der Waals surface area contributed by atoms with Crippen LogP contribution in [0.3, 0.4) is 0 Å². The van der Waals surface area contributed by atoms with E-state index in [1.807, 2.05) is 29.8 Å². The molecule has 34 heavy (non-hydrogen) atoms. The lowest BCUT2D eigenvalue weighted by Crippen LogP contribution is -2.36. The average Bonchev–Trinajstić information content (AvgIpc) is 3.51. The van der Waals surface area contributed by atoms with E-state index in [4.69, 9.17) is 0 Å². The molecular weight excluding hydrogens is 444 g/mol. The number of nitrogens with one attached hydrogen (secondary N) is 1. The second-order valence-electron chi connectivity index (χ2n) is 9.57. The van der Waals surface area contributed by atoms with Gasteiger partial charge in [0.1, 0.15) is 0 Å². The second kappa shape index (κ2) is 10.2. The van der Waals surface area contributed by atoms with Crippen molar-refractivity contribution in [1.82, 2.24) is 30.1 Å². The van der Waals surface area contributed by atoms with Crippen LogP contribution in [-0.2, 0) is 18.6 Å². The van der Waals surface area contributed by atoms with Crippen LogP contribution in [0.4, 0.5) is 0 Å². The first-order valence-corrected chi connectivity index (χ1v) is 12.9. The first-order chi connectivity index (χ1) is 16.3. The summed E-state index contributed by atoms with van der Waals surface area (Å²) in [5.74, 6) is 0.860. The van der Waals surface area contributed by atoms with Gasteiger partial charge in [-0.15, -0.1) is 16.4 Å². The highest BCUT2D eigenvalue weighted by Gasteiger charge is 2.31. The molecule has 0 saturated carbocycles. The normalized spacial score (nSPS) is 13.1. The fraction of sp³-hybridized carbons (Fsp3) is 0.462. The number of nitrogens with zero attached hydrogens (tertiary/aromatic N) is 5. The van der Waals surface area contributed by atoms with Gasteiger partial charge >= 0.3 is 0 Å². The van der Waals surface area contributed by atoms with Crippen molar-refractivity contribution in [2.45, 2.75) is 78.6 Å². The molecule has 0 spiro atoms. The predicted octanol–water partition coefficient (Wildman–Crippen LogP) is 5.57. The molecule has 0 aliphatic heterocycles. The third-order valence-corrected chi connectivity index (χ3v) is 7.57. The zero-order valence-electron chi connectivity index (χ0n) is 20.7. The van der Waals surface area contributed by atoms with Gasteiger partial charge in [0, 0.05) is 23.5 Å². The summed E-state index contributed by atoms with van der Waals surface area (Å²) in [7, 11) is 0. The number of aromatic amines is 1. The van der Waals surface area contributed by atoms with Gasteiger partial charge in [-0.05, 0) is 72.5 Å². The summed E-state index contributed by atoms with van der Waals surface area (Å²) in [6, 6.07) is 12.3. The maximum Gasteiger partial charge on any atom is 0.252 e. The Balaban J connectivity index is 1.78. The lowest BCUT2D eigenvalue weighted by atomic mass is 10.0. The van der Waals surface area contributed by atoms with Crippen LogP contribution in [-0.4, -0.2) is 30.1 Å². The van der Waals surface area contributed by atoms with Crippen LogP contribution in [0, 0.1) is 6.92 Å². The molecular formula is C26H34N6OS. The van der Waals surface area contributed by atoms with E-state index in [2.05, 4.69) is 76.7 Å². The van der Waals surface area contributed by atoms with Crippen molar-refractivity contribution in [1.29, 1.82) is 0 Å². The van der Waals surface area contributed by atoms with Crippen LogP contribution in [0.2, 0.25) is 0 Å².